The van der Waals surface area contributed by atoms with Crippen LogP contribution in [0.2, 0.25) is 0 Å². The molecule has 2 aliphatic carbocycles. The molecule has 2 aliphatic rings. The van der Waals surface area contributed by atoms with Crippen LogP contribution in [-0.4, -0.2) is 0 Å². The third-order valence-corrected chi connectivity index (χ3v) is 14.2. The zero-order valence-corrected chi connectivity index (χ0v) is 35.9. The summed E-state index contributed by atoms with van der Waals surface area (Å²) in [5, 5.41) is 7.04. The van der Waals surface area contributed by atoms with Crippen LogP contribution in [0.1, 0.15) is 22.3 Å². The summed E-state index contributed by atoms with van der Waals surface area (Å²) in [6, 6.07) is 88.8. The molecule has 0 fully saturated rings. The first-order valence-corrected chi connectivity index (χ1v) is 22.8. The molecule has 12 aromatic rings. The smallest absolute Gasteiger partial charge is 0.136 e. The lowest BCUT2D eigenvalue weighted by molar-refractivity contribution is 0.669. The van der Waals surface area contributed by atoms with Gasteiger partial charge in [-0.2, -0.15) is 0 Å². The van der Waals surface area contributed by atoms with Crippen LogP contribution in [0.5, 0.6) is 0 Å². The normalized spacial score (nSPS) is 13.0. The highest BCUT2D eigenvalue weighted by Gasteiger charge is 2.53. The van der Waals surface area contributed by atoms with Gasteiger partial charge in [0, 0.05) is 44.6 Å². The van der Waals surface area contributed by atoms with Gasteiger partial charge in [0.1, 0.15) is 11.2 Å². The van der Waals surface area contributed by atoms with E-state index in [2.05, 4.69) is 252 Å². The van der Waals surface area contributed by atoms with Crippen molar-refractivity contribution >= 4 is 77.6 Å². The average molecular weight is 841 g/mol. The molecule has 0 atom stereocenters. The summed E-state index contributed by atoms with van der Waals surface area (Å²) < 4.78 is 6.71. The Bertz CT molecular complexity index is 3750. The maximum atomic E-state index is 6.71. The van der Waals surface area contributed by atoms with Gasteiger partial charge in [0.05, 0.1) is 11.1 Å². The fourth-order valence-corrected chi connectivity index (χ4v) is 11.7. The SMILES string of the molecule is c1ccc(N(c2ccccc2)c2ccc3c4c(ccc3c2)-c2c(cc(N(c3ccccc3)c3ccccc3)c3c2ccc2oc5ccccc5c23)C42c3ccccc3-c3ccccc32)cc1. The number of anilines is 6. The molecule has 0 unspecified atom stereocenters. The number of rotatable bonds is 6. The summed E-state index contributed by atoms with van der Waals surface area (Å²) in [5.74, 6) is 0. The fraction of sp³-hybridized carbons (Fsp3) is 0.0159. The first-order chi connectivity index (χ1) is 32.8. The minimum absolute atomic E-state index is 0.632. The van der Waals surface area contributed by atoms with Crippen LogP contribution in [0.25, 0.3) is 65.7 Å². The highest BCUT2D eigenvalue weighted by molar-refractivity contribution is 6.27. The number of benzene rings is 11. The lowest BCUT2D eigenvalue weighted by Crippen LogP contribution is -2.26. The van der Waals surface area contributed by atoms with Crippen LogP contribution in [0.15, 0.2) is 247 Å². The van der Waals surface area contributed by atoms with Crippen molar-refractivity contribution in [2.45, 2.75) is 5.41 Å². The Hall–Kier alpha value is -8.66. The van der Waals surface area contributed by atoms with E-state index in [0.717, 1.165) is 56.1 Å². The van der Waals surface area contributed by atoms with Gasteiger partial charge in [-0.15, -0.1) is 0 Å². The van der Waals surface area contributed by atoms with Gasteiger partial charge in [-0.1, -0.05) is 158 Å². The molecule has 1 heterocycles. The molecule has 1 aromatic heterocycles. The molecular formula is C63H40N2O. The Morgan fingerprint density at radius 2 is 0.848 bits per heavy atom. The number of para-hydroxylation sites is 5. The number of hydrogen-bond donors (Lipinski definition) is 0. The van der Waals surface area contributed by atoms with Gasteiger partial charge in [-0.3, -0.25) is 0 Å². The fourth-order valence-electron chi connectivity index (χ4n) is 11.7. The van der Waals surface area contributed by atoms with Gasteiger partial charge in [0.25, 0.3) is 0 Å². The minimum Gasteiger partial charge on any atom is -0.456 e. The van der Waals surface area contributed by atoms with Crippen molar-refractivity contribution in [3.8, 4) is 22.3 Å². The number of hydrogen-bond acceptors (Lipinski definition) is 3. The summed E-state index contributed by atoms with van der Waals surface area (Å²) in [6.07, 6.45) is 0. The third kappa shape index (κ3) is 5.08. The summed E-state index contributed by atoms with van der Waals surface area (Å²) >= 11 is 0. The van der Waals surface area contributed by atoms with Crippen molar-refractivity contribution in [2.75, 3.05) is 9.80 Å². The van der Waals surface area contributed by atoms with Crippen molar-refractivity contribution in [3.63, 3.8) is 0 Å². The Morgan fingerprint density at radius 1 is 0.318 bits per heavy atom. The van der Waals surface area contributed by atoms with E-state index in [4.69, 9.17) is 4.42 Å². The molecule has 0 radical (unpaired) electrons. The second-order valence-corrected chi connectivity index (χ2v) is 17.5. The molecule has 308 valence electrons. The quantitative estimate of drug-likeness (QED) is 0.166. The van der Waals surface area contributed by atoms with Gasteiger partial charge >= 0.3 is 0 Å². The zero-order valence-electron chi connectivity index (χ0n) is 35.9. The number of fused-ring (bicyclic) bond motifs is 18. The highest BCUT2D eigenvalue weighted by Crippen LogP contribution is 2.66. The van der Waals surface area contributed by atoms with Crippen molar-refractivity contribution in [1.29, 1.82) is 0 Å². The van der Waals surface area contributed by atoms with Crippen LogP contribution < -0.4 is 9.80 Å². The highest BCUT2D eigenvalue weighted by atomic mass is 16.3. The number of furan rings is 1. The second kappa shape index (κ2) is 14.2. The van der Waals surface area contributed by atoms with Crippen molar-refractivity contribution < 1.29 is 4.42 Å². The van der Waals surface area contributed by atoms with Crippen LogP contribution in [0.3, 0.4) is 0 Å². The van der Waals surface area contributed by atoms with E-state index in [1.807, 2.05) is 0 Å². The second-order valence-electron chi connectivity index (χ2n) is 17.5. The maximum Gasteiger partial charge on any atom is 0.136 e. The monoisotopic (exact) mass is 840 g/mol. The summed E-state index contributed by atoms with van der Waals surface area (Å²) in [5.41, 5.74) is 18.1. The number of nitrogens with zero attached hydrogens (tertiary/aromatic N) is 2. The molecule has 0 aliphatic heterocycles. The van der Waals surface area contributed by atoms with E-state index in [1.54, 1.807) is 0 Å². The summed E-state index contributed by atoms with van der Waals surface area (Å²) in [6.45, 7) is 0. The summed E-state index contributed by atoms with van der Waals surface area (Å²) in [7, 11) is 0. The Labute approximate surface area is 382 Å². The van der Waals surface area contributed by atoms with Crippen LogP contribution in [0, 0.1) is 0 Å². The van der Waals surface area contributed by atoms with Crippen LogP contribution >= 0.6 is 0 Å². The van der Waals surface area contributed by atoms with E-state index in [-0.39, 0.29) is 0 Å². The molecule has 0 amide bonds. The van der Waals surface area contributed by atoms with E-state index in [0.29, 0.717) is 0 Å². The van der Waals surface area contributed by atoms with E-state index >= 15 is 0 Å². The van der Waals surface area contributed by atoms with Gasteiger partial charge in [-0.25, -0.2) is 0 Å². The van der Waals surface area contributed by atoms with Gasteiger partial charge < -0.3 is 14.2 Å². The standard InChI is InChI=1S/C63H40N2O/c1-5-19-42(20-6-1)64(43-21-7-2-8-22-43)46-34-36-47-41(39-46)33-35-52-59-51-37-38-58-61(50-29-15-18-32-57(50)66-58)60(51)56(65(44-23-9-3-10-24-44)45-25-11-4-12-26-45)40-55(59)63(62(47)52)53-30-16-13-27-48(53)49-28-14-17-31-54(49)63/h1-40H. The van der Waals surface area contributed by atoms with E-state index in [9.17, 15) is 0 Å². The van der Waals surface area contributed by atoms with Gasteiger partial charge in [-0.05, 0) is 146 Å². The molecule has 0 saturated carbocycles. The Balaban J connectivity index is 1.15. The van der Waals surface area contributed by atoms with Gasteiger partial charge in [0.2, 0.25) is 0 Å². The molecule has 0 N–H and O–H groups in total. The van der Waals surface area contributed by atoms with Crippen molar-refractivity contribution in [2.24, 2.45) is 0 Å². The molecule has 66 heavy (non-hydrogen) atoms. The largest absolute Gasteiger partial charge is 0.456 e. The predicted octanol–water partition coefficient (Wildman–Crippen LogP) is 17.2. The molecule has 3 nitrogen and oxygen atoms in total. The first-order valence-electron chi connectivity index (χ1n) is 22.8. The molecule has 1 spiro atoms. The third-order valence-electron chi connectivity index (χ3n) is 14.2. The van der Waals surface area contributed by atoms with Crippen LogP contribution in [0.4, 0.5) is 34.1 Å². The van der Waals surface area contributed by atoms with Crippen molar-refractivity contribution in [1.82, 2.24) is 0 Å². The molecule has 0 bridgehead atoms. The first kappa shape index (κ1) is 36.8. The van der Waals surface area contributed by atoms with Gasteiger partial charge in [0.15, 0.2) is 0 Å². The van der Waals surface area contributed by atoms with E-state index in [1.165, 1.54) is 66.1 Å². The lowest BCUT2D eigenvalue weighted by atomic mass is 9.69. The molecule has 3 heteroatoms. The average Bonchev–Trinajstić information content (AvgIpc) is 4.02. The topological polar surface area (TPSA) is 19.6 Å². The molecule has 14 rings (SSSR count). The lowest BCUT2D eigenvalue weighted by Gasteiger charge is -2.34. The summed E-state index contributed by atoms with van der Waals surface area (Å²) in [4.78, 5) is 4.82. The van der Waals surface area contributed by atoms with E-state index < -0.39 is 5.41 Å². The Morgan fingerprint density at radius 3 is 1.47 bits per heavy atom. The molecule has 11 aromatic carbocycles. The minimum atomic E-state index is -0.632. The molecule has 0 saturated heterocycles. The van der Waals surface area contributed by atoms with Crippen LogP contribution in [-0.2, 0) is 5.41 Å². The Kier molecular flexibility index (Phi) is 7.90. The van der Waals surface area contributed by atoms with Crippen molar-refractivity contribution in [3.05, 3.63) is 265 Å². The zero-order chi connectivity index (χ0) is 43.3. The predicted molar refractivity (Wildman–Crippen MR) is 274 cm³/mol. The molecular weight excluding hydrogens is 801 g/mol. The maximum absolute atomic E-state index is 6.71.